The van der Waals surface area contributed by atoms with Crippen molar-refractivity contribution in [1.82, 2.24) is 14.9 Å². The van der Waals surface area contributed by atoms with Gasteiger partial charge in [-0.3, -0.25) is 14.2 Å². The van der Waals surface area contributed by atoms with E-state index < -0.39 is 87.8 Å². The fourth-order valence-electron chi connectivity index (χ4n) is 4.36. The van der Waals surface area contributed by atoms with Crippen LogP contribution >= 0.6 is 15.9 Å². The van der Waals surface area contributed by atoms with Gasteiger partial charge in [0.2, 0.25) is 5.43 Å². The van der Waals surface area contributed by atoms with Crippen LogP contribution in [0, 0.1) is 17.5 Å². The van der Waals surface area contributed by atoms with E-state index >= 15 is 0 Å². The predicted molar refractivity (Wildman–Crippen MR) is 132 cm³/mol. The molecule has 0 bridgehead atoms. The van der Waals surface area contributed by atoms with Crippen LogP contribution in [0.15, 0.2) is 33.7 Å². The zero-order chi connectivity index (χ0) is 30.6. The molecule has 0 spiro atoms. The number of rotatable bonds is 6. The van der Waals surface area contributed by atoms with Gasteiger partial charge < -0.3 is 20.4 Å². The maximum absolute atomic E-state index is 14.9. The summed E-state index contributed by atoms with van der Waals surface area (Å²) < 4.78 is 111. The van der Waals surface area contributed by atoms with E-state index in [1.54, 1.807) is 0 Å². The molecule has 0 aliphatic carbocycles. The molecule has 3 heterocycles. The number of amides is 1. The van der Waals surface area contributed by atoms with Crippen LogP contribution in [0.3, 0.4) is 0 Å². The molecule has 41 heavy (non-hydrogen) atoms. The highest BCUT2D eigenvalue weighted by molar-refractivity contribution is 9.10. The number of aliphatic hydroxyl groups is 2. The van der Waals surface area contributed by atoms with Gasteiger partial charge in [0.25, 0.3) is 5.91 Å². The van der Waals surface area contributed by atoms with Crippen molar-refractivity contribution in [2.75, 3.05) is 18.0 Å². The van der Waals surface area contributed by atoms with Crippen LogP contribution in [0.5, 0.6) is 0 Å². The first kappa shape index (κ1) is 30.6. The standard InChI is InChI=1S/C24H19BrF8N4O4/c1-2-17(23(29,30)24(31,32)33)34-22(41)11-6-37(18-13(27)3-9(26)4-14(18)28)20-10(19(11)40)5-12(25)21(35-20)36-7-15(38)16(39)8-36/h3-6,15-17,38-39H,2,7-8H2,1H3,(H,34,41)/t15-,16-,17+/m1/s1. The van der Waals surface area contributed by atoms with Gasteiger partial charge in [0, 0.05) is 31.4 Å². The first-order valence-corrected chi connectivity index (χ1v) is 12.5. The van der Waals surface area contributed by atoms with E-state index in [9.17, 15) is 54.9 Å². The van der Waals surface area contributed by atoms with E-state index in [2.05, 4.69) is 20.9 Å². The van der Waals surface area contributed by atoms with Crippen molar-refractivity contribution in [1.29, 1.82) is 0 Å². The third-order valence-electron chi connectivity index (χ3n) is 6.47. The van der Waals surface area contributed by atoms with Gasteiger partial charge in [-0.1, -0.05) is 6.92 Å². The topological polar surface area (TPSA) is 108 Å². The van der Waals surface area contributed by atoms with Crippen molar-refractivity contribution < 1.29 is 50.1 Å². The van der Waals surface area contributed by atoms with Crippen molar-refractivity contribution >= 4 is 38.7 Å². The van der Waals surface area contributed by atoms with Gasteiger partial charge in [0.1, 0.15) is 28.9 Å². The lowest BCUT2D eigenvalue weighted by Crippen LogP contribution is -2.55. The monoisotopic (exact) mass is 658 g/mol. The summed E-state index contributed by atoms with van der Waals surface area (Å²) in [5.41, 5.74) is -3.91. The maximum Gasteiger partial charge on any atom is 0.455 e. The molecular formula is C24H19BrF8N4O4. The average Bonchev–Trinajstić information content (AvgIpc) is 3.19. The Labute approximate surface area is 233 Å². The number of β-amino-alcohol motifs (C(OH)–C–C–N with tert-alkyl or cyclic N) is 2. The minimum absolute atomic E-state index is 0.0302. The SMILES string of the molecule is CC[C@H](NC(=O)c1cn(-c2c(F)cc(F)cc2F)c2nc(N3C[C@@H](O)[C@H](O)C3)c(Br)cc2c1=O)C(F)(F)C(F)(F)F. The molecule has 1 aliphatic rings. The Morgan fingerprint density at radius 2 is 1.66 bits per heavy atom. The van der Waals surface area contributed by atoms with Gasteiger partial charge in [-0.2, -0.15) is 22.0 Å². The third kappa shape index (κ3) is 5.49. The van der Waals surface area contributed by atoms with Gasteiger partial charge in [0.05, 0.1) is 22.1 Å². The first-order chi connectivity index (χ1) is 19.0. The van der Waals surface area contributed by atoms with Gasteiger partial charge in [-0.25, -0.2) is 18.2 Å². The summed E-state index contributed by atoms with van der Waals surface area (Å²) in [5.74, 6) is -11.5. The molecule has 8 nitrogen and oxygen atoms in total. The normalized spacial score (nSPS) is 18.7. The number of alkyl halides is 5. The molecule has 3 atom stereocenters. The minimum Gasteiger partial charge on any atom is -0.389 e. The van der Waals surface area contributed by atoms with Crippen molar-refractivity contribution in [2.24, 2.45) is 0 Å². The molecule has 0 radical (unpaired) electrons. The Balaban J connectivity index is 1.96. The number of aromatic nitrogens is 2. The minimum atomic E-state index is -6.05. The van der Waals surface area contributed by atoms with Crippen LogP contribution in [0.1, 0.15) is 23.7 Å². The molecule has 1 amide bonds. The molecule has 2 aromatic heterocycles. The smallest absolute Gasteiger partial charge is 0.389 e. The summed E-state index contributed by atoms with van der Waals surface area (Å²) in [6.07, 6.45) is -8.86. The predicted octanol–water partition coefficient (Wildman–Crippen LogP) is 3.81. The fraction of sp³-hybridized carbons (Fsp3) is 0.375. The van der Waals surface area contributed by atoms with E-state index in [-0.39, 0.29) is 35.5 Å². The van der Waals surface area contributed by atoms with Crippen LogP contribution in [-0.2, 0) is 0 Å². The van der Waals surface area contributed by atoms with Crippen molar-refractivity contribution in [3.63, 3.8) is 0 Å². The third-order valence-corrected chi connectivity index (χ3v) is 7.05. The highest BCUT2D eigenvalue weighted by atomic mass is 79.9. The second-order valence-electron chi connectivity index (χ2n) is 9.22. The Morgan fingerprint density at radius 1 is 1.10 bits per heavy atom. The van der Waals surface area contributed by atoms with Crippen molar-refractivity contribution in [3.05, 3.63) is 62.1 Å². The van der Waals surface area contributed by atoms with Crippen LogP contribution in [0.2, 0.25) is 0 Å². The number of fused-ring (bicyclic) bond motifs is 1. The molecule has 4 rings (SSSR count). The van der Waals surface area contributed by atoms with E-state index in [4.69, 9.17) is 0 Å². The zero-order valence-corrected chi connectivity index (χ0v) is 22.2. The molecule has 0 unspecified atom stereocenters. The number of benzene rings is 1. The second kappa shape index (κ2) is 10.8. The number of hydrogen-bond acceptors (Lipinski definition) is 6. The second-order valence-corrected chi connectivity index (χ2v) is 10.1. The van der Waals surface area contributed by atoms with Crippen LogP contribution in [0.25, 0.3) is 16.7 Å². The molecule has 3 N–H and O–H groups in total. The van der Waals surface area contributed by atoms with E-state index in [0.717, 1.165) is 13.0 Å². The highest BCUT2D eigenvalue weighted by Gasteiger charge is 2.62. The van der Waals surface area contributed by atoms with E-state index in [1.807, 2.05) is 0 Å². The fourth-order valence-corrected chi connectivity index (χ4v) is 4.93. The molecule has 1 aromatic carbocycles. The van der Waals surface area contributed by atoms with E-state index in [0.29, 0.717) is 10.8 Å². The zero-order valence-electron chi connectivity index (χ0n) is 20.6. The maximum atomic E-state index is 14.9. The Hall–Kier alpha value is -3.31. The number of halogens is 9. The average molecular weight is 659 g/mol. The van der Waals surface area contributed by atoms with Crippen LogP contribution < -0.4 is 15.6 Å². The lowest BCUT2D eigenvalue weighted by molar-refractivity contribution is -0.292. The largest absolute Gasteiger partial charge is 0.455 e. The molecule has 1 saturated heterocycles. The number of nitrogens with zero attached hydrogens (tertiary/aromatic N) is 3. The van der Waals surface area contributed by atoms with Gasteiger partial charge in [-0.05, 0) is 28.4 Å². The quantitative estimate of drug-likeness (QED) is 0.348. The van der Waals surface area contributed by atoms with Gasteiger partial charge in [0.15, 0.2) is 17.3 Å². The summed E-state index contributed by atoms with van der Waals surface area (Å²) in [4.78, 5) is 31.8. The number of hydrogen-bond donors (Lipinski definition) is 3. The molecular weight excluding hydrogens is 640 g/mol. The highest BCUT2D eigenvalue weighted by Crippen LogP contribution is 2.39. The molecule has 0 saturated carbocycles. The lowest BCUT2D eigenvalue weighted by atomic mass is 10.1. The summed E-state index contributed by atoms with van der Waals surface area (Å²) in [6.45, 7) is 0.642. The van der Waals surface area contributed by atoms with E-state index in [1.165, 1.54) is 10.2 Å². The Bertz CT molecular complexity index is 1550. The number of carbonyl (C=O) groups excluding carboxylic acids is 1. The Morgan fingerprint density at radius 3 is 2.17 bits per heavy atom. The number of carbonyl (C=O) groups is 1. The lowest BCUT2D eigenvalue weighted by Gasteiger charge is -2.28. The number of pyridine rings is 2. The van der Waals surface area contributed by atoms with Gasteiger partial charge >= 0.3 is 12.1 Å². The molecule has 3 aromatic rings. The molecule has 17 heteroatoms. The summed E-state index contributed by atoms with van der Waals surface area (Å²) in [7, 11) is 0. The summed E-state index contributed by atoms with van der Waals surface area (Å²) in [5, 5.41) is 20.8. The molecule has 1 aliphatic heterocycles. The summed E-state index contributed by atoms with van der Waals surface area (Å²) in [6, 6.07) is -1.22. The molecule has 222 valence electrons. The number of nitrogens with one attached hydrogen (secondary N) is 1. The van der Waals surface area contributed by atoms with Crippen LogP contribution in [-0.4, -0.2) is 69.1 Å². The molecule has 1 fully saturated rings. The number of anilines is 1. The number of aliphatic hydroxyl groups excluding tert-OH is 2. The van der Waals surface area contributed by atoms with Gasteiger partial charge in [-0.15, -0.1) is 0 Å². The Kier molecular flexibility index (Phi) is 8.09. The first-order valence-electron chi connectivity index (χ1n) is 11.7. The van der Waals surface area contributed by atoms with Crippen molar-refractivity contribution in [2.45, 2.75) is 43.7 Å². The van der Waals surface area contributed by atoms with Crippen molar-refractivity contribution in [3.8, 4) is 5.69 Å². The summed E-state index contributed by atoms with van der Waals surface area (Å²) >= 11 is 3.14. The van der Waals surface area contributed by atoms with Crippen LogP contribution in [0.4, 0.5) is 40.9 Å².